The van der Waals surface area contributed by atoms with Gasteiger partial charge < -0.3 is 5.73 Å². The van der Waals surface area contributed by atoms with E-state index >= 15 is 0 Å². The molecule has 0 atom stereocenters. The van der Waals surface area contributed by atoms with Crippen LogP contribution >= 0.6 is 0 Å². The number of anilines is 1. The Morgan fingerprint density at radius 3 is 2.12 bits per heavy atom. The van der Waals surface area contributed by atoms with Crippen LogP contribution in [0.25, 0.3) is 0 Å². The molecule has 2 rings (SSSR count). The molecule has 0 aliphatic heterocycles. The highest BCUT2D eigenvalue weighted by Crippen LogP contribution is 2.20. The summed E-state index contributed by atoms with van der Waals surface area (Å²) < 4.78 is 0. The molecule has 0 unspecified atom stereocenters. The van der Waals surface area contributed by atoms with Gasteiger partial charge in [-0.3, -0.25) is 0 Å². The van der Waals surface area contributed by atoms with Crippen molar-refractivity contribution in [1.29, 1.82) is 0 Å². The molecule has 1 nitrogen and oxygen atoms in total. The number of nitrogen functional groups attached to an aromatic ring is 1. The summed E-state index contributed by atoms with van der Waals surface area (Å²) in [6.45, 7) is 6.56. The van der Waals surface area contributed by atoms with Crippen molar-refractivity contribution < 1.29 is 0 Å². The van der Waals surface area contributed by atoms with Gasteiger partial charge in [0, 0.05) is 5.69 Å². The van der Waals surface area contributed by atoms with Crippen LogP contribution in [0, 0.1) is 20.8 Å². The molecule has 17 heavy (non-hydrogen) atoms. The summed E-state index contributed by atoms with van der Waals surface area (Å²) in [6, 6.07) is 12.6. The van der Waals surface area contributed by atoms with E-state index in [0.29, 0.717) is 0 Å². The van der Waals surface area contributed by atoms with Crippen LogP contribution in [0.5, 0.6) is 0 Å². The van der Waals surface area contributed by atoms with Crippen LogP contribution in [0.15, 0.2) is 36.4 Å². The third kappa shape index (κ3) is 2.50. The van der Waals surface area contributed by atoms with Crippen LogP contribution in [-0.4, -0.2) is 0 Å². The summed E-state index contributed by atoms with van der Waals surface area (Å²) in [5.74, 6) is 0. The Balaban J connectivity index is 2.30. The Hall–Kier alpha value is -1.76. The quantitative estimate of drug-likeness (QED) is 0.773. The van der Waals surface area contributed by atoms with E-state index in [2.05, 4.69) is 45.0 Å². The molecule has 0 saturated heterocycles. The summed E-state index contributed by atoms with van der Waals surface area (Å²) in [5, 5.41) is 0. The summed E-state index contributed by atoms with van der Waals surface area (Å²) in [4.78, 5) is 0. The third-order valence-electron chi connectivity index (χ3n) is 3.54. The minimum Gasteiger partial charge on any atom is -0.399 e. The number of rotatable bonds is 2. The van der Waals surface area contributed by atoms with Crippen LogP contribution < -0.4 is 5.73 Å². The molecule has 2 N–H and O–H groups in total. The van der Waals surface area contributed by atoms with Gasteiger partial charge in [0.1, 0.15) is 0 Å². The number of hydrogen-bond acceptors (Lipinski definition) is 1. The fraction of sp³-hybridized carbons (Fsp3) is 0.250. The molecule has 0 radical (unpaired) electrons. The second-order valence-electron chi connectivity index (χ2n) is 4.71. The van der Waals surface area contributed by atoms with E-state index in [1.165, 1.54) is 27.8 Å². The first-order chi connectivity index (χ1) is 8.08. The van der Waals surface area contributed by atoms with E-state index in [4.69, 9.17) is 5.73 Å². The lowest BCUT2D eigenvalue weighted by Gasteiger charge is -2.11. The van der Waals surface area contributed by atoms with Gasteiger partial charge in [0.2, 0.25) is 0 Å². The second kappa shape index (κ2) is 4.62. The molecule has 2 aromatic rings. The Kier molecular flexibility index (Phi) is 3.19. The normalized spacial score (nSPS) is 10.5. The minimum atomic E-state index is 0.825. The van der Waals surface area contributed by atoms with E-state index in [0.717, 1.165) is 12.1 Å². The van der Waals surface area contributed by atoms with Crippen molar-refractivity contribution in [1.82, 2.24) is 0 Å². The molecule has 0 aromatic heterocycles. The first-order valence-electron chi connectivity index (χ1n) is 5.98. The van der Waals surface area contributed by atoms with E-state index in [-0.39, 0.29) is 0 Å². The molecular weight excluding hydrogens is 206 g/mol. The first kappa shape index (κ1) is 11.7. The first-order valence-corrected chi connectivity index (χ1v) is 5.98. The lowest BCUT2D eigenvalue weighted by atomic mass is 9.94. The van der Waals surface area contributed by atoms with E-state index < -0.39 is 0 Å². The molecule has 1 heteroatoms. The maximum atomic E-state index is 5.69. The van der Waals surface area contributed by atoms with Crippen LogP contribution in [-0.2, 0) is 6.42 Å². The fourth-order valence-corrected chi connectivity index (χ4v) is 2.06. The highest BCUT2D eigenvalue weighted by molar-refractivity contribution is 5.44. The number of nitrogens with two attached hydrogens (primary N) is 1. The predicted molar refractivity (Wildman–Crippen MR) is 74.3 cm³/mol. The molecule has 0 fully saturated rings. The van der Waals surface area contributed by atoms with E-state index in [1.54, 1.807) is 0 Å². The molecule has 88 valence electrons. The molecule has 0 aliphatic rings. The van der Waals surface area contributed by atoms with Gasteiger partial charge in [0.05, 0.1) is 0 Å². The zero-order valence-corrected chi connectivity index (χ0v) is 10.7. The molecular formula is C16H19N. The van der Waals surface area contributed by atoms with E-state index in [9.17, 15) is 0 Å². The molecule has 2 aromatic carbocycles. The van der Waals surface area contributed by atoms with Gasteiger partial charge in [-0.2, -0.15) is 0 Å². The van der Waals surface area contributed by atoms with Gasteiger partial charge in [-0.25, -0.2) is 0 Å². The minimum absolute atomic E-state index is 0.825. The molecule has 0 amide bonds. The highest BCUT2D eigenvalue weighted by atomic mass is 14.5. The summed E-state index contributed by atoms with van der Waals surface area (Å²) >= 11 is 0. The zero-order valence-electron chi connectivity index (χ0n) is 10.7. The van der Waals surface area contributed by atoms with Gasteiger partial charge in [0.15, 0.2) is 0 Å². The third-order valence-corrected chi connectivity index (χ3v) is 3.54. The maximum Gasteiger partial charge on any atom is 0.0314 e. The van der Waals surface area contributed by atoms with Gasteiger partial charge in [-0.15, -0.1) is 0 Å². The van der Waals surface area contributed by atoms with Crippen molar-refractivity contribution in [3.63, 3.8) is 0 Å². The summed E-state index contributed by atoms with van der Waals surface area (Å²) in [5.41, 5.74) is 13.4. The molecule has 0 saturated carbocycles. The topological polar surface area (TPSA) is 26.0 Å². The highest BCUT2D eigenvalue weighted by Gasteiger charge is 2.04. The van der Waals surface area contributed by atoms with Crippen molar-refractivity contribution >= 4 is 5.69 Å². The molecule has 0 bridgehead atoms. The molecule has 0 heterocycles. The fourth-order valence-electron chi connectivity index (χ4n) is 2.06. The second-order valence-corrected chi connectivity index (χ2v) is 4.71. The summed E-state index contributed by atoms with van der Waals surface area (Å²) in [6.07, 6.45) is 0.979. The van der Waals surface area contributed by atoms with Crippen molar-refractivity contribution in [2.75, 3.05) is 5.73 Å². The van der Waals surface area contributed by atoms with Gasteiger partial charge in [0.25, 0.3) is 0 Å². The Bertz CT molecular complexity index is 524. The van der Waals surface area contributed by atoms with Crippen molar-refractivity contribution in [3.8, 4) is 0 Å². The van der Waals surface area contributed by atoms with Gasteiger partial charge in [-0.05, 0) is 67.1 Å². The van der Waals surface area contributed by atoms with Crippen LogP contribution in [0.1, 0.15) is 27.8 Å². The van der Waals surface area contributed by atoms with Gasteiger partial charge in [-0.1, -0.05) is 24.3 Å². The Labute approximate surface area is 103 Å². The van der Waals surface area contributed by atoms with Gasteiger partial charge >= 0.3 is 0 Å². The van der Waals surface area contributed by atoms with Crippen LogP contribution in [0.4, 0.5) is 5.69 Å². The summed E-state index contributed by atoms with van der Waals surface area (Å²) in [7, 11) is 0. The van der Waals surface area contributed by atoms with Crippen LogP contribution in [0.3, 0.4) is 0 Å². The smallest absolute Gasteiger partial charge is 0.0314 e. The average molecular weight is 225 g/mol. The predicted octanol–water partition coefficient (Wildman–Crippen LogP) is 3.78. The Morgan fingerprint density at radius 1 is 0.824 bits per heavy atom. The van der Waals surface area contributed by atoms with Crippen molar-refractivity contribution in [2.45, 2.75) is 27.2 Å². The average Bonchev–Trinajstić information content (AvgIpc) is 2.33. The largest absolute Gasteiger partial charge is 0.399 e. The van der Waals surface area contributed by atoms with Crippen molar-refractivity contribution in [3.05, 3.63) is 64.2 Å². The lowest BCUT2D eigenvalue weighted by molar-refractivity contribution is 1.12. The SMILES string of the molecule is Cc1ccc(Cc2ccc(N)cc2)c(C)c1C. The maximum absolute atomic E-state index is 5.69. The van der Waals surface area contributed by atoms with Crippen LogP contribution in [0.2, 0.25) is 0 Å². The number of aryl methyl sites for hydroxylation is 1. The van der Waals surface area contributed by atoms with E-state index in [1.807, 2.05) is 12.1 Å². The lowest BCUT2D eigenvalue weighted by Crippen LogP contribution is -1.96. The molecule has 0 spiro atoms. The number of hydrogen-bond donors (Lipinski definition) is 1. The zero-order chi connectivity index (χ0) is 12.4. The Morgan fingerprint density at radius 2 is 1.47 bits per heavy atom. The monoisotopic (exact) mass is 225 g/mol. The molecule has 0 aliphatic carbocycles. The standard InChI is InChI=1S/C16H19N/c1-11-4-7-15(13(3)12(11)2)10-14-5-8-16(17)9-6-14/h4-9H,10,17H2,1-3H3. The van der Waals surface area contributed by atoms with Crippen molar-refractivity contribution in [2.24, 2.45) is 0 Å². The number of benzene rings is 2.